The van der Waals surface area contributed by atoms with Crippen molar-refractivity contribution in [2.45, 2.75) is 20.3 Å². The molecule has 1 aliphatic rings. The average molecular weight is 364 g/mol. The lowest BCUT2D eigenvalue weighted by Crippen LogP contribution is -2.30. The highest BCUT2D eigenvalue weighted by Gasteiger charge is 2.29. The number of aromatic nitrogens is 2. The van der Waals surface area contributed by atoms with Crippen LogP contribution < -0.4 is 5.32 Å². The summed E-state index contributed by atoms with van der Waals surface area (Å²) in [5, 5.41) is 7.96. The third-order valence-electron chi connectivity index (χ3n) is 5.26. The van der Waals surface area contributed by atoms with Gasteiger partial charge in [0.25, 0.3) is 11.6 Å². The fourth-order valence-electron chi connectivity index (χ4n) is 3.78. The van der Waals surface area contributed by atoms with Gasteiger partial charge in [-0.3, -0.25) is 4.79 Å². The minimum atomic E-state index is 0.0284. The predicted octanol–water partition coefficient (Wildman–Crippen LogP) is 3.19. The molecule has 0 aliphatic carbocycles. The molecule has 0 spiro atoms. The highest BCUT2D eigenvalue weighted by molar-refractivity contribution is 6.07. The molecule has 1 fully saturated rings. The first-order chi connectivity index (χ1) is 13.1. The van der Waals surface area contributed by atoms with E-state index in [1.165, 1.54) is 5.56 Å². The van der Waals surface area contributed by atoms with Crippen LogP contribution in [0.3, 0.4) is 0 Å². The van der Waals surface area contributed by atoms with E-state index in [2.05, 4.69) is 15.5 Å². The lowest BCUT2D eigenvalue weighted by Gasteiger charge is -2.17. The second kappa shape index (κ2) is 7.12. The number of nitrogens with zero attached hydrogens (tertiary/aromatic N) is 3. The summed E-state index contributed by atoms with van der Waals surface area (Å²) in [5.41, 5.74) is 4.61. The number of amides is 1. The van der Waals surface area contributed by atoms with Gasteiger partial charge in [-0.15, -0.1) is 0 Å². The van der Waals surface area contributed by atoms with Gasteiger partial charge in [-0.05, 0) is 45.8 Å². The van der Waals surface area contributed by atoms with Crippen LogP contribution in [0, 0.1) is 19.8 Å². The smallest absolute Gasteiger partial charge is 0.259 e. The van der Waals surface area contributed by atoms with E-state index in [0.717, 1.165) is 37.3 Å². The van der Waals surface area contributed by atoms with Gasteiger partial charge in [0, 0.05) is 18.7 Å². The molecular formula is C21H24N4O2. The molecule has 27 heavy (non-hydrogen) atoms. The first-order valence-corrected chi connectivity index (χ1v) is 9.34. The maximum atomic E-state index is 13.3. The number of carbonyl (C=O) groups excluding carboxylic acids is 1. The summed E-state index contributed by atoms with van der Waals surface area (Å²) in [5.74, 6) is 0.525. The Kier molecular flexibility index (Phi) is 4.66. The zero-order chi connectivity index (χ0) is 19.0. The van der Waals surface area contributed by atoms with E-state index in [0.29, 0.717) is 28.3 Å². The van der Waals surface area contributed by atoms with Gasteiger partial charge in [-0.25, -0.2) is 4.98 Å². The largest absolute Gasteiger partial charge is 0.338 e. The Morgan fingerprint density at radius 2 is 2.07 bits per heavy atom. The summed E-state index contributed by atoms with van der Waals surface area (Å²) in [6, 6.07) is 9.98. The number of carbonyl (C=O) groups is 1. The van der Waals surface area contributed by atoms with Gasteiger partial charge >= 0.3 is 0 Å². The zero-order valence-corrected chi connectivity index (χ0v) is 16.0. The van der Waals surface area contributed by atoms with Crippen LogP contribution >= 0.6 is 0 Å². The predicted molar refractivity (Wildman–Crippen MR) is 105 cm³/mol. The number of fused-ring (bicyclic) bond motifs is 1. The normalized spacial score (nSPS) is 17.0. The summed E-state index contributed by atoms with van der Waals surface area (Å²) in [4.78, 5) is 19.8. The van der Waals surface area contributed by atoms with Crippen molar-refractivity contribution in [3.63, 3.8) is 0 Å². The molecule has 1 N–H and O–H groups in total. The molecule has 0 bridgehead atoms. The van der Waals surface area contributed by atoms with Gasteiger partial charge in [0.05, 0.1) is 22.3 Å². The second-order valence-corrected chi connectivity index (χ2v) is 7.33. The van der Waals surface area contributed by atoms with Gasteiger partial charge < -0.3 is 14.7 Å². The number of likely N-dealkylation sites (tertiary alicyclic amines) is 1. The van der Waals surface area contributed by atoms with Crippen LogP contribution in [0.25, 0.3) is 22.4 Å². The quantitative estimate of drug-likeness (QED) is 0.770. The summed E-state index contributed by atoms with van der Waals surface area (Å²) >= 11 is 0. The van der Waals surface area contributed by atoms with Crippen molar-refractivity contribution in [2.75, 3.05) is 26.7 Å². The molecule has 0 saturated carbocycles. The second-order valence-electron chi connectivity index (χ2n) is 7.33. The molecule has 0 radical (unpaired) electrons. The van der Waals surface area contributed by atoms with Gasteiger partial charge in [0.15, 0.2) is 0 Å². The summed E-state index contributed by atoms with van der Waals surface area (Å²) < 4.78 is 5.41. The van der Waals surface area contributed by atoms with E-state index in [9.17, 15) is 4.79 Å². The fraction of sp³-hybridized carbons (Fsp3) is 0.381. The van der Waals surface area contributed by atoms with Crippen LogP contribution in [0.2, 0.25) is 0 Å². The number of hydrogen-bond donors (Lipinski definition) is 1. The van der Waals surface area contributed by atoms with Crippen LogP contribution in [0.5, 0.6) is 0 Å². The number of benzene rings is 1. The van der Waals surface area contributed by atoms with Crippen LogP contribution in [-0.2, 0) is 0 Å². The van der Waals surface area contributed by atoms with E-state index in [1.54, 1.807) is 0 Å². The molecule has 6 heteroatoms. The first-order valence-electron chi connectivity index (χ1n) is 9.34. The fourth-order valence-corrected chi connectivity index (χ4v) is 3.78. The number of aryl methyl sites for hydroxylation is 2. The SMILES string of the molecule is CNCC1CCN(C(=O)c2cc(-c3ccc(C)cc3)nc3onc(C)c23)C1. The van der Waals surface area contributed by atoms with Crippen molar-refractivity contribution in [1.82, 2.24) is 20.4 Å². The summed E-state index contributed by atoms with van der Waals surface area (Å²) in [6.45, 7) is 6.37. The standard InChI is InChI=1S/C21H24N4O2/c1-13-4-6-16(7-5-13)18-10-17(19-14(2)24-27-20(19)23-18)21(26)25-9-8-15(12-25)11-22-3/h4-7,10,15,22H,8-9,11-12H2,1-3H3. The van der Waals surface area contributed by atoms with Crippen molar-refractivity contribution >= 4 is 17.0 Å². The Morgan fingerprint density at radius 3 is 2.81 bits per heavy atom. The van der Waals surface area contributed by atoms with Gasteiger partial charge in [-0.2, -0.15) is 0 Å². The monoisotopic (exact) mass is 364 g/mol. The Balaban J connectivity index is 1.75. The van der Waals surface area contributed by atoms with E-state index in [4.69, 9.17) is 4.52 Å². The minimum Gasteiger partial charge on any atom is -0.338 e. The highest BCUT2D eigenvalue weighted by Crippen LogP contribution is 2.29. The maximum Gasteiger partial charge on any atom is 0.259 e. The molecule has 3 aromatic rings. The molecule has 2 aromatic heterocycles. The molecule has 140 valence electrons. The van der Waals surface area contributed by atoms with E-state index in [-0.39, 0.29) is 5.91 Å². The molecule has 1 amide bonds. The van der Waals surface area contributed by atoms with E-state index >= 15 is 0 Å². The van der Waals surface area contributed by atoms with Crippen molar-refractivity contribution in [2.24, 2.45) is 5.92 Å². The third-order valence-corrected chi connectivity index (χ3v) is 5.26. The van der Waals surface area contributed by atoms with Crippen LogP contribution in [0.1, 0.15) is 28.0 Å². The summed E-state index contributed by atoms with van der Waals surface area (Å²) in [6.07, 6.45) is 1.02. The topological polar surface area (TPSA) is 71.3 Å². The number of rotatable bonds is 4. The van der Waals surface area contributed by atoms with Gasteiger partial charge in [0.1, 0.15) is 0 Å². The molecule has 4 rings (SSSR count). The number of hydrogen-bond acceptors (Lipinski definition) is 5. The Hall–Kier alpha value is -2.73. The first kappa shape index (κ1) is 17.7. The lowest BCUT2D eigenvalue weighted by atomic mass is 10.0. The number of pyridine rings is 1. The Morgan fingerprint density at radius 1 is 1.30 bits per heavy atom. The molecule has 1 aliphatic heterocycles. The molecule has 3 heterocycles. The van der Waals surface area contributed by atoms with Gasteiger partial charge in [-0.1, -0.05) is 35.0 Å². The third kappa shape index (κ3) is 3.32. The molecule has 1 unspecified atom stereocenters. The van der Waals surface area contributed by atoms with Crippen molar-refractivity contribution in [1.29, 1.82) is 0 Å². The van der Waals surface area contributed by atoms with Crippen LogP contribution in [-0.4, -0.2) is 47.6 Å². The average Bonchev–Trinajstić information content (AvgIpc) is 3.28. The van der Waals surface area contributed by atoms with Gasteiger partial charge in [0.2, 0.25) is 0 Å². The maximum absolute atomic E-state index is 13.3. The van der Waals surface area contributed by atoms with Crippen molar-refractivity contribution in [3.05, 3.63) is 47.2 Å². The summed E-state index contributed by atoms with van der Waals surface area (Å²) in [7, 11) is 1.95. The van der Waals surface area contributed by atoms with E-state index < -0.39 is 0 Å². The van der Waals surface area contributed by atoms with Crippen molar-refractivity contribution in [3.8, 4) is 11.3 Å². The van der Waals surface area contributed by atoms with Crippen LogP contribution in [0.4, 0.5) is 0 Å². The minimum absolute atomic E-state index is 0.0284. The molecule has 1 aromatic carbocycles. The molecule has 1 saturated heterocycles. The van der Waals surface area contributed by atoms with E-state index in [1.807, 2.05) is 56.1 Å². The lowest BCUT2D eigenvalue weighted by molar-refractivity contribution is 0.0789. The Labute approximate surface area is 158 Å². The van der Waals surface area contributed by atoms with Crippen molar-refractivity contribution < 1.29 is 9.32 Å². The Bertz CT molecular complexity index is 978. The van der Waals surface area contributed by atoms with Crippen LogP contribution in [0.15, 0.2) is 34.9 Å². The number of nitrogens with one attached hydrogen (secondary N) is 1. The molecule has 1 atom stereocenters. The highest BCUT2D eigenvalue weighted by atomic mass is 16.5. The molecular weight excluding hydrogens is 340 g/mol. The molecule has 6 nitrogen and oxygen atoms in total. The zero-order valence-electron chi connectivity index (χ0n) is 16.0.